The summed E-state index contributed by atoms with van der Waals surface area (Å²) in [5, 5.41) is 12.6. The zero-order valence-electron chi connectivity index (χ0n) is 17.2. The molecule has 2 heterocycles. The van der Waals surface area contributed by atoms with Gasteiger partial charge >= 0.3 is 0 Å². The van der Waals surface area contributed by atoms with Crippen molar-refractivity contribution in [1.29, 1.82) is 0 Å². The number of rotatable bonds is 6. The van der Waals surface area contributed by atoms with E-state index in [0.29, 0.717) is 12.0 Å². The molecule has 2 aromatic rings. The van der Waals surface area contributed by atoms with E-state index in [-0.39, 0.29) is 49.4 Å². The van der Waals surface area contributed by atoms with Crippen LogP contribution in [0.3, 0.4) is 0 Å². The van der Waals surface area contributed by atoms with E-state index in [1.54, 1.807) is 18.2 Å². The number of anilines is 1. The minimum atomic E-state index is -0.497. The molecule has 7 heteroatoms. The number of nitrogens with zero attached hydrogens (tertiary/aromatic N) is 1. The normalized spacial score (nSPS) is 24.5. The van der Waals surface area contributed by atoms with Crippen molar-refractivity contribution in [3.63, 3.8) is 0 Å². The fourth-order valence-electron chi connectivity index (χ4n) is 4.27. The fraction of sp³-hybridized carbons (Fsp3) is 0.435. The molecule has 0 aliphatic carbocycles. The van der Waals surface area contributed by atoms with Crippen LogP contribution in [0.5, 0.6) is 5.75 Å². The molecule has 160 valence electrons. The predicted molar refractivity (Wildman–Crippen MR) is 111 cm³/mol. The Hall–Kier alpha value is -2.64. The summed E-state index contributed by atoms with van der Waals surface area (Å²) in [6, 6.07) is 12.4. The molecule has 0 aromatic heterocycles. The molecule has 30 heavy (non-hydrogen) atoms. The molecule has 4 atom stereocenters. The van der Waals surface area contributed by atoms with E-state index in [1.807, 2.05) is 31.1 Å². The van der Waals surface area contributed by atoms with Crippen LogP contribution in [0.4, 0.5) is 10.1 Å². The van der Waals surface area contributed by atoms with Gasteiger partial charge in [-0.3, -0.25) is 4.79 Å². The highest BCUT2D eigenvalue weighted by Gasteiger charge is 2.46. The van der Waals surface area contributed by atoms with Gasteiger partial charge < -0.3 is 24.8 Å². The molecule has 2 aliphatic heterocycles. The van der Waals surface area contributed by atoms with Crippen molar-refractivity contribution in [3.8, 4) is 5.75 Å². The first-order valence-corrected chi connectivity index (χ1v) is 10.2. The quantitative estimate of drug-likeness (QED) is 0.760. The topological polar surface area (TPSA) is 71.0 Å². The van der Waals surface area contributed by atoms with E-state index in [0.717, 1.165) is 17.0 Å². The van der Waals surface area contributed by atoms with E-state index in [9.17, 15) is 14.3 Å². The van der Waals surface area contributed by atoms with Crippen LogP contribution in [-0.2, 0) is 16.1 Å². The predicted octanol–water partition coefficient (Wildman–Crippen LogP) is 2.59. The Kier molecular flexibility index (Phi) is 5.92. The number of carbonyl (C=O) groups is 1. The van der Waals surface area contributed by atoms with E-state index >= 15 is 0 Å². The second kappa shape index (κ2) is 8.62. The number of hydrogen-bond donors (Lipinski definition) is 2. The zero-order valence-corrected chi connectivity index (χ0v) is 17.2. The summed E-state index contributed by atoms with van der Waals surface area (Å²) in [6.45, 7) is -0.0467. The van der Waals surface area contributed by atoms with Crippen LogP contribution in [0.15, 0.2) is 42.5 Å². The number of aliphatic hydroxyl groups excluding tert-OH is 1. The lowest BCUT2D eigenvalue weighted by Gasteiger charge is -2.37. The summed E-state index contributed by atoms with van der Waals surface area (Å²) in [6.07, 6.45) is -0.334. The van der Waals surface area contributed by atoms with Gasteiger partial charge in [0.05, 0.1) is 19.1 Å². The van der Waals surface area contributed by atoms with Gasteiger partial charge in [-0.05, 0) is 30.7 Å². The number of ether oxygens (including phenoxy) is 2. The highest BCUT2D eigenvalue weighted by molar-refractivity contribution is 5.76. The molecule has 1 fully saturated rings. The molecule has 2 aromatic carbocycles. The summed E-state index contributed by atoms with van der Waals surface area (Å²) in [5.41, 5.74) is 2.60. The average molecular weight is 414 g/mol. The summed E-state index contributed by atoms with van der Waals surface area (Å²) < 4.78 is 25.8. The Morgan fingerprint density at radius 3 is 2.80 bits per heavy atom. The Labute approximate surface area is 175 Å². The Bertz CT molecular complexity index is 920. The summed E-state index contributed by atoms with van der Waals surface area (Å²) in [4.78, 5) is 14.5. The van der Waals surface area contributed by atoms with E-state index in [4.69, 9.17) is 9.47 Å². The first-order valence-electron chi connectivity index (χ1n) is 10.2. The number of carbonyl (C=O) groups excluding carboxylic acids is 1. The molecular formula is C23H27FN2O4. The molecule has 0 spiro atoms. The number of benzene rings is 2. The molecule has 0 unspecified atom stereocenters. The molecule has 1 amide bonds. The van der Waals surface area contributed by atoms with Crippen molar-refractivity contribution in [3.05, 3.63) is 59.4 Å². The van der Waals surface area contributed by atoms with Gasteiger partial charge in [0.1, 0.15) is 23.8 Å². The van der Waals surface area contributed by atoms with Gasteiger partial charge in [-0.25, -0.2) is 4.39 Å². The van der Waals surface area contributed by atoms with Gasteiger partial charge in [-0.15, -0.1) is 0 Å². The highest BCUT2D eigenvalue weighted by Crippen LogP contribution is 2.47. The first-order chi connectivity index (χ1) is 14.5. The van der Waals surface area contributed by atoms with Gasteiger partial charge in [0, 0.05) is 43.4 Å². The molecular weight excluding hydrogens is 387 g/mol. The zero-order chi connectivity index (χ0) is 21.3. The largest absolute Gasteiger partial charge is 0.487 e. The van der Waals surface area contributed by atoms with Gasteiger partial charge in [-0.1, -0.05) is 18.2 Å². The molecule has 4 rings (SSSR count). The smallest absolute Gasteiger partial charge is 0.222 e. The molecule has 0 radical (unpaired) electrons. The molecule has 2 aliphatic rings. The van der Waals surface area contributed by atoms with Gasteiger partial charge in [0.15, 0.2) is 0 Å². The second-order valence-corrected chi connectivity index (χ2v) is 8.09. The summed E-state index contributed by atoms with van der Waals surface area (Å²) in [7, 11) is 3.97. The Balaban J connectivity index is 1.43. The number of halogens is 1. The lowest BCUT2D eigenvalue weighted by molar-refractivity contribution is -0.142. The second-order valence-electron chi connectivity index (χ2n) is 8.09. The molecule has 0 bridgehead atoms. The lowest BCUT2D eigenvalue weighted by atomic mass is 9.84. The maximum Gasteiger partial charge on any atom is 0.222 e. The van der Waals surface area contributed by atoms with Crippen molar-refractivity contribution in [2.45, 2.75) is 43.6 Å². The van der Waals surface area contributed by atoms with E-state index in [2.05, 4.69) is 11.4 Å². The van der Waals surface area contributed by atoms with Crippen LogP contribution >= 0.6 is 0 Å². The van der Waals surface area contributed by atoms with Crippen molar-refractivity contribution in [1.82, 2.24) is 5.32 Å². The van der Waals surface area contributed by atoms with Crippen molar-refractivity contribution < 1.29 is 23.8 Å². The third-order valence-corrected chi connectivity index (χ3v) is 5.85. The van der Waals surface area contributed by atoms with Crippen molar-refractivity contribution in [2.24, 2.45) is 0 Å². The third kappa shape index (κ3) is 4.13. The third-order valence-electron chi connectivity index (χ3n) is 5.85. The first kappa shape index (κ1) is 20.6. The van der Waals surface area contributed by atoms with Crippen molar-refractivity contribution >= 4 is 11.6 Å². The van der Waals surface area contributed by atoms with Crippen LogP contribution in [0.2, 0.25) is 0 Å². The maximum absolute atomic E-state index is 13.8. The number of amides is 1. The molecule has 2 N–H and O–H groups in total. The molecule has 6 nitrogen and oxygen atoms in total. The lowest BCUT2D eigenvalue weighted by Crippen LogP contribution is -2.47. The summed E-state index contributed by atoms with van der Waals surface area (Å²) in [5.74, 6) is 0.309. The van der Waals surface area contributed by atoms with Gasteiger partial charge in [0.25, 0.3) is 0 Å². The SMILES string of the molecule is CN(C)c1ccc2c(c1)[C@H]1C[C@H](CC(=O)NCc3ccccc3F)O[C@H](CO)[C@H]1O2. The van der Waals surface area contributed by atoms with Gasteiger partial charge in [0.2, 0.25) is 5.91 Å². The number of hydrogen-bond acceptors (Lipinski definition) is 5. The standard InChI is InChI=1S/C23H27FN2O4/c1-26(2)15-7-8-20-17(9-15)18-10-16(29-21(13-27)23(18)30-20)11-22(28)25-12-14-5-3-4-6-19(14)24/h3-9,16,18,21,23,27H,10-13H2,1-2H3,(H,25,28)/t16-,18-,21-,23+/m1/s1. The fourth-order valence-corrected chi connectivity index (χ4v) is 4.27. The van der Waals surface area contributed by atoms with E-state index in [1.165, 1.54) is 6.07 Å². The van der Waals surface area contributed by atoms with E-state index < -0.39 is 6.10 Å². The minimum Gasteiger partial charge on any atom is -0.487 e. The number of fused-ring (bicyclic) bond motifs is 3. The van der Waals surface area contributed by atoms with Crippen LogP contribution in [-0.4, -0.2) is 50.0 Å². The Morgan fingerprint density at radius 2 is 2.07 bits per heavy atom. The summed E-state index contributed by atoms with van der Waals surface area (Å²) >= 11 is 0. The number of aliphatic hydroxyl groups is 1. The maximum atomic E-state index is 13.8. The Morgan fingerprint density at radius 1 is 1.27 bits per heavy atom. The number of nitrogens with one attached hydrogen (secondary N) is 1. The highest BCUT2D eigenvalue weighted by atomic mass is 19.1. The van der Waals surface area contributed by atoms with Crippen molar-refractivity contribution in [2.75, 3.05) is 25.6 Å². The average Bonchev–Trinajstić information content (AvgIpc) is 3.10. The van der Waals surface area contributed by atoms with Crippen LogP contribution in [0.25, 0.3) is 0 Å². The van der Waals surface area contributed by atoms with Crippen LogP contribution in [0.1, 0.15) is 29.9 Å². The molecule has 0 saturated carbocycles. The minimum absolute atomic E-state index is 0.0511. The van der Waals surface area contributed by atoms with Gasteiger partial charge in [-0.2, -0.15) is 0 Å². The van der Waals surface area contributed by atoms with Crippen LogP contribution in [0, 0.1) is 5.82 Å². The molecule has 1 saturated heterocycles. The van der Waals surface area contributed by atoms with Crippen LogP contribution < -0.4 is 15.0 Å². The monoisotopic (exact) mass is 414 g/mol.